The van der Waals surface area contributed by atoms with Crippen molar-refractivity contribution < 1.29 is 14.6 Å². The zero-order chi connectivity index (χ0) is 7.78. The number of carbonyl (C=O) groups is 1. The van der Waals surface area contributed by atoms with Crippen molar-refractivity contribution in [3.63, 3.8) is 0 Å². The second-order valence-corrected chi connectivity index (χ2v) is 2.64. The second kappa shape index (κ2) is 2.12. The van der Waals surface area contributed by atoms with E-state index < -0.39 is 11.8 Å². The van der Waals surface area contributed by atoms with E-state index in [-0.39, 0.29) is 0 Å². The van der Waals surface area contributed by atoms with Crippen molar-refractivity contribution in [1.29, 1.82) is 0 Å². The molecular formula is C6H11NO3. The largest absolute Gasteiger partial charge is 0.449 e. The van der Waals surface area contributed by atoms with Crippen LogP contribution < -0.4 is 0 Å². The van der Waals surface area contributed by atoms with Crippen LogP contribution in [0.15, 0.2) is 0 Å². The standard InChI is InChI=1S/C6H11NO3/c1-6(9)3-4-10-5(8)7(6)2/h9H,3-4H2,1-2H3. The average molecular weight is 145 g/mol. The summed E-state index contributed by atoms with van der Waals surface area (Å²) in [4.78, 5) is 11.9. The van der Waals surface area contributed by atoms with Crippen LogP contribution in [-0.2, 0) is 4.74 Å². The summed E-state index contributed by atoms with van der Waals surface area (Å²) in [5.74, 6) is 0. The first-order chi connectivity index (χ1) is 4.54. The van der Waals surface area contributed by atoms with Gasteiger partial charge in [0, 0.05) is 13.5 Å². The molecule has 10 heavy (non-hydrogen) atoms. The smallest absolute Gasteiger partial charge is 0.411 e. The van der Waals surface area contributed by atoms with Gasteiger partial charge in [-0.1, -0.05) is 0 Å². The Balaban J connectivity index is 2.69. The highest BCUT2D eigenvalue weighted by molar-refractivity contribution is 5.68. The monoisotopic (exact) mass is 145 g/mol. The molecule has 58 valence electrons. The number of hydrogen-bond acceptors (Lipinski definition) is 3. The van der Waals surface area contributed by atoms with Gasteiger partial charge in [0.2, 0.25) is 0 Å². The molecule has 1 heterocycles. The van der Waals surface area contributed by atoms with Crippen LogP contribution in [0.4, 0.5) is 4.79 Å². The molecule has 4 heteroatoms. The van der Waals surface area contributed by atoms with Gasteiger partial charge in [0.1, 0.15) is 5.72 Å². The van der Waals surface area contributed by atoms with Crippen LogP contribution in [-0.4, -0.2) is 35.5 Å². The lowest BCUT2D eigenvalue weighted by atomic mass is 10.1. The highest BCUT2D eigenvalue weighted by Crippen LogP contribution is 2.19. The van der Waals surface area contributed by atoms with Gasteiger partial charge in [-0.3, -0.25) is 4.90 Å². The van der Waals surface area contributed by atoms with Gasteiger partial charge in [-0.15, -0.1) is 0 Å². The summed E-state index contributed by atoms with van der Waals surface area (Å²) in [5, 5.41) is 9.44. The SMILES string of the molecule is CN1C(=O)OCCC1(C)O. The number of cyclic esters (lactones) is 1. The Morgan fingerprint density at radius 1 is 1.80 bits per heavy atom. The van der Waals surface area contributed by atoms with Gasteiger partial charge >= 0.3 is 6.09 Å². The van der Waals surface area contributed by atoms with Crippen molar-refractivity contribution >= 4 is 6.09 Å². The lowest BCUT2D eigenvalue weighted by Crippen LogP contribution is -2.51. The lowest BCUT2D eigenvalue weighted by Gasteiger charge is -2.36. The highest BCUT2D eigenvalue weighted by atomic mass is 16.6. The molecule has 0 aliphatic carbocycles. The summed E-state index contributed by atoms with van der Waals surface area (Å²) in [6, 6.07) is 0. The van der Waals surface area contributed by atoms with Crippen LogP contribution in [0, 0.1) is 0 Å². The fourth-order valence-corrected chi connectivity index (χ4v) is 0.793. The van der Waals surface area contributed by atoms with Gasteiger partial charge < -0.3 is 9.84 Å². The first-order valence-electron chi connectivity index (χ1n) is 3.17. The van der Waals surface area contributed by atoms with Gasteiger partial charge in [-0.2, -0.15) is 0 Å². The third-order valence-corrected chi connectivity index (χ3v) is 1.80. The Morgan fingerprint density at radius 2 is 2.40 bits per heavy atom. The summed E-state index contributed by atoms with van der Waals surface area (Å²) in [6.45, 7) is 1.89. The number of ether oxygens (including phenoxy) is 1. The fraction of sp³-hybridized carbons (Fsp3) is 0.833. The molecule has 1 rings (SSSR count). The third-order valence-electron chi connectivity index (χ3n) is 1.80. The van der Waals surface area contributed by atoms with Crippen molar-refractivity contribution in [1.82, 2.24) is 4.90 Å². The topological polar surface area (TPSA) is 49.8 Å². The number of rotatable bonds is 0. The minimum absolute atomic E-state index is 0.302. The predicted molar refractivity (Wildman–Crippen MR) is 34.4 cm³/mol. The predicted octanol–water partition coefficient (Wildman–Crippen LogP) is 0.167. The summed E-state index contributed by atoms with van der Waals surface area (Å²) >= 11 is 0. The van der Waals surface area contributed by atoms with Crippen molar-refractivity contribution in [2.75, 3.05) is 13.7 Å². The maximum Gasteiger partial charge on any atom is 0.411 e. The van der Waals surface area contributed by atoms with E-state index in [0.717, 1.165) is 0 Å². The maximum absolute atomic E-state index is 10.8. The van der Waals surface area contributed by atoms with Crippen molar-refractivity contribution in [3.8, 4) is 0 Å². The minimum atomic E-state index is -1.03. The summed E-state index contributed by atoms with van der Waals surface area (Å²) in [5.41, 5.74) is -1.03. The van der Waals surface area contributed by atoms with Crippen molar-refractivity contribution in [2.45, 2.75) is 19.1 Å². The number of amides is 1. The van der Waals surface area contributed by atoms with E-state index in [1.807, 2.05) is 0 Å². The van der Waals surface area contributed by atoms with Gasteiger partial charge in [0.15, 0.2) is 0 Å². The molecule has 1 atom stereocenters. The van der Waals surface area contributed by atoms with Crippen LogP contribution in [0.25, 0.3) is 0 Å². The van der Waals surface area contributed by atoms with E-state index in [9.17, 15) is 9.90 Å². The molecule has 0 spiro atoms. The Labute approximate surface area is 59.4 Å². The van der Waals surface area contributed by atoms with E-state index in [1.54, 1.807) is 6.92 Å². The molecule has 0 bridgehead atoms. The van der Waals surface area contributed by atoms with E-state index in [1.165, 1.54) is 11.9 Å². The molecule has 1 aliphatic heterocycles. The van der Waals surface area contributed by atoms with E-state index >= 15 is 0 Å². The van der Waals surface area contributed by atoms with Crippen LogP contribution in [0.3, 0.4) is 0 Å². The third kappa shape index (κ3) is 1.07. The molecule has 1 saturated heterocycles. The average Bonchev–Trinajstić information content (AvgIpc) is 1.83. The van der Waals surface area contributed by atoms with Crippen molar-refractivity contribution in [3.05, 3.63) is 0 Å². The Bertz CT molecular complexity index is 155. The molecule has 1 aliphatic rings. The molecule has 0 aromatic carbocycles. The molecule has 0 radical (unpaired) electrons. The summed E-state index contributed by atoms with van der Waals surface area (Å²) in [7, 11) is 1.52. The molecule has 0 aromatic rings. The van der Waals surface area contributed by atoms with Gasteiger partial charge in [-0.25, -0.2) is 4.79 Å². The zero-order valence-electron chi connectivity index (χ0n) is 6.13. The van der Waals surface area contributed by atoms with Crippen LogP contribution >= 0.6 is 0 Å². The van der Waals surface area contributed by atoms with E-state index in [0.29, 0.717) is 13.0 Å². The summed E-state index contributed by atoms with van der Waals surface area (Å²) in [6.07, 6.45) is 0.00569. The molecule has 1 N–H and O–H groups in total. The number of nitrogens with zero attached hydrogens (tertiary/aromatic N) is 1. The van der Waals surface area contributed by atoms with Crippen molar-refractivity contribution in [2.24, 2.45) is 0 Å². The van der Waals surface area contributed by atoms with Gasteiger partial charge in [-0.05, 0) is 6.92 Å². The van der Waals surface area contributed by atoms with Crippen LogP contribution in [0.1, 0.15) is 13.3 Å². The number of hydrogen-bond donors (Lipinski definition) is 1. The summed E-state index contributed by atoms with van der Waals surface area (Å²) < 4.78 is 4.65. The second-order valence-electron chi connectivity index (χ2n) is 2.64. The van der Waals surface area contributed by atoms with E-state index in [4.69, 9.17) is 0 Å². The molecule has 0 aromatic heterocycles. The first-order valence-corrected chi connectivity index (χ1v) is 3.17. The molecule has 1 unspecified atom stereocenters. The maximum atomic E-state index is 10.8. The Morgan fingerprint density at radius 3 is 2.80 bits per heavy atom. The molecule has 1 amide bonds. The molecule has 4 nitrogen and oxygen atoms in total. The fourth-order valence-electron chi connectivity index (χ4n) is 0.793. The van der Waals surface area contributed by atoms with Crippen LogP contribution in [0.2, 0.25) is 0 Å². The highest BCUT2D eigenvalue weighted by Gasteiger charge is 2.34. The van der Waals surface area contributed by atoms with Gasteiger partial charge in [0.25, 0.3) is 0 Å². The molecular weight excluding hydrogens is 134 g/mol. The first kappa shape index (κ1) is 7.34. The van der Waals surface area contributed by atoms with Gasteiger partial charge in [0.05, 0.1) is 6.61 Å². The quantitative estimate of drug-likeness (QED) is 0.528. The van der Waals surface area contributed by atoms with Crippen LogP contribution in [0.5, 0.6) is 0 Å². The Kier molecular flexibility index (Phi) is 1.56. The normalized spacial score (nSPS) is 33.9. The number of carbonyl (C=O) groups excluding carboxylic acids is 1. The Hall–Kier alpha value is -0.770. The number of aliphatic hydroxyl groups is 1. The van der Waals surface area contributed by atoms with E-state index in [2.05, 4.69) is 4.74 Å². The molecule has 0 saturated carbocycles. The minimum Gasteiger partial charge on any atom is -0.449 e. The molecule has 1 fully saturated rings. The lowest BCUT2D eigenvalue weighted by molar-refractivity contribution is -0.111. The zero-order valence-corrected chi connectivity index (χ0v) is 6.13.